The zero-order chi connectivity index (χ0) is 12.8. The lowest BCUT2D eigenvalue weighted by Crippen LogP contribution is -2.22. The van der Waals surface area contributed by atoms with Crippen LogP contribution >= 0.6 is 0 Å². The van der Waals surface area contributed by atoms with Gasteiger partial charge in [0.05, 0.1) is 24.6 Å². The van der Waals surface area contributed by atoms with E-state index in [4.69, 9.17) is 15.3 Å². The highest BCUT2D eigenvalue weighted by molar-refractivity contribution is 5.61. The summed E-state index contributed by atoms with van der Waals surface area (Å²) in [6, 6.07) is 5.69. The average molecular weight is 238 g/mol. The number of rotatable bonds is 6. The highest BCUT2D eigenvalue weighted by atomic mass is 16.7. The molecule has 0 aliphatic rings. The Bertz CT molecular complexity index is 353. The van der Waals surface area contributed by atoms with Crippen LogP contribution in [0.5, 0.6) is 5.75 Å². The average Bonchev–Trinajstić information content (AvgIpc) is 2.28. The summed E-state index contributed by atoms with van der Waals surface area (Å²) in [5.41, 5.74) is 7.47. The standard InChI is InChI=1S/C13H22N2O2/c1-5-8-15(16-4)11-6-7-12(14)13(9-11)17-10(2)3/h6-7,9-10H,5,8,14H2,1-4H3. The van der Waals surface area contributed by atoms with Gasteiger partial charge in [0, 0.05) is 12.6 Å². The van der Waals surface area contributed by atoms with Crippen LogP contribution in [0.2, 0.25) is 0 Å². The number of nitrogen functional groups attached to an aromatic ring is 1. The lowest BCUT2D eigenvalue weighted by atomic mass is 10.2. The summed E-state index contributed by atoms with van der Waals surface area (Å²) in [4.78, 5) is 5.31. The van der Waals surface area contributed by atoms with Gasteiger partial charge in [0.1, 0.15) is 5.75 Å². The Hall–Kier alpha value is -1.42. The van der Waals surface area contributed by atoms with Crippen LogP contribution in [0, 0.1) is 0 Å². The molecule has 1 rings (SSSR count). The predicted molar refractivity (Wildman–Crippen MR) is 71.3 cm³/mol. The van der Waals surface area contributed by atoms with E-state index in [0.29, 0.717) is 11.4 Å². The third kappa shape index (κ3) is 3.82. The third-order valence-electron chi connectivity index (χ3n) is 2.29. The van der Waals surface area contributed by atoms with E-state index < -0.39 is 0 Å². The molecule has 2 N–H and O–H groups in total. The van der Waals surface area contributed by atoms with Crippen LogP contribution in [0.25, 0.3) is 0 Å². The van der Waals surface area contributed by atoms with Crippen molar-refractivity contribution in [3.63, 3.8) is 0 Å². The molecule has 0 fully saturated rings. The first kappa shape index (κ1) is 13.6. The summed E-state index contributed by atoms with van der Waals surface area (Å²) in [5, 5.41) is 1.83. The maximum Gasteiger partial charge on any atom is 0.144 e. The molecule has 1 aromatic carbocycles. The molecule has 0 atom stereocenters. The van der Waals surface area contributed by atoms with Gasteiger partial charge in [0.2, 0.25) is 0 Å². The highest BCUT2D eigenvalue weighted by Crippen LogP contribution is 2.28. The van der Waals surface area contributed by atoms with Crippen molar-refractivity contribution in [2.75, 3.05) is 24.5 Å². The second-order valence-electron chi connectivity index (χ2n) is 4.17. The minimum Gasteiger partial charge on any atom is -0.489 e. The van der Waals surface area contributed by atoms with E-state index in [1.807, 2.05) is 37.1 Å². The lowest BCUT2D eigenvalue weighted by Gasteiger charge is -2.22. The van der Waals surface area contributed by atoms with Crippen molar-refractivity contribution in [3.05, 3.63) is 18.2 Å². The summed E-state index contributed by atoms with van der Waals surface area (Å²) < 4.78 is 5.65. The van der Waals surface area contributed by atoms with Gasteiger partial charge in [0.15, 0.2) is 0 Å². The summed E-state index contributed by atoms with van der Waals surface area (Å²) in [6.07, 6.45) is 1.12. The molecule has 0 saturated heterocycles. The zero-order valence-electron chi connectivity index (χ0n) is 11.1. The van der Waals surface area contributed by atoms with Crippen LogP contribution in [-0.4, -0.2) is 19.8 Å². The number of hydroxylamine groups is 1. The van der Waals surface area contributed by atoms with Crippen LogP contribution in [-0.2, 0) is 4.84 Å². The molecule has 17 heavy (non-hydrogen) atoms. The van der Waals surface area contributed by atoms with Crippen molar-refractivity contribution >= 4 is 11.4 Å². The fourth-order valence-corrected chi connectivity index (χ4v) is 1.56. The van der Waals surface area contributed by atoms with Crippen LogP contribution in [0.15, 0.2) is 18.2 Å². The van der Waals surface area contributed by atoms with E-state index in [1.165, 1.54) is 0 Å². The second-order valence-corrected chi connectivity index (χ2v) is 4.17. The molecule has 96 valence electrons. The van der Waals surface area contributed by atoms with Crippen LogP contribution in [0.1, 0.15) is 27.2 Å². The Morgan fingerprint density at radius 1 is 1.35 bits per heavy atom. The van der Waals surface area contributed by atoms with Crippen molar-refractivity contribution in [2.24, 2.45) is 0 Å². The molecule has 1 aromatic rings. The molecule has 0 unspecified atom stereocenters. The van der Waals surface area contributed by atoms with Gasteiger partial charge in [-0.05, 0) is 32.4 Å². The molecule has 4 heteroatoms. The first-order valence-electron chi connectivity index (χ1n) is 5.96. The van der Waals surface area contributed by atoms with Gasteiger partial charge in [-0.15, -0.1) is 0 Å². The maximum absolute atomic E-state index is 5.87. The molecule has 0 bridgehead atoms. The third-order valence-corrected chi connectivity index (χ3v) is 2.29. The fourth-order valence-electron chi connectivity index (χ4n) is 1.56. The maximum atomic E-state index is 5.87. The fraction of sp³-hybridized carbons (Fsp3) is 0.538. The summed E-state index contributed by atoms with van der Waals surface area (Å²) >= 11 is 0. The zero-order valence-corrected chi connectivity index (χ0v) is 11.1. The summed E-state index contributed by atoms with van der Waals surface area (Å²) in [7, 11) is 1.66. The van der Waals surface area contributed by atoms with Crippen molar-refractivity contribution in [1.82, 2.24) is 0 Å². The van der Waals surface area contributed by atoms with Gasteiger partial charge in [-0.2, -0.15) is 0 Å². The Morgan fingerprint density at radius 3 is 2.59 bits per heavy atom. The summed E-state index contributed by atoms with van der Waals surface area (Å²) in [5.74, 6) is 0.704. The molecule has 0 heterocycles. The van der Waals surface area contributed by atoms with Crippen LogP contribution < -0.4 is 15.5 Å². The molecular weight excluding hydrogens is 216 g/mol. The molecule has 0 saturated carbocycles. The van der Waals surface area contributed by atoms with E-state index in [1.54, 1.807) is 7.11 Å². The first-order chi connectivity index (χ1) is 8.08. The van der Waals surface area contributed by atoms with E-state index in [-0.39, 0.29) is 6.10 Å². The van der Waals surface area contributed by atoms with E-state index in [2.05, 4.69) is 6.92 Å². The first-order valence-corrected chi connectivity index (χ1v) is 5.96. The molecule has 4 nitrogen and oxygen atoms in total. The number of anilines is 2. The van der Waals surface area contributed by atoms with Gasteiger partial charge >= 0.3 is 0 Å². The molecule has 0 amide bonds. The van der Waals surface area contributed by atoms with E-state index in [9.17, 15) is 0 Å². The molecule has 0 aliphatic carbocycles. The van der Waals surface area contributed by atoms with Crippen molar-refractivity contribution in [1.29, 1.82) is 0 Å². The smallest absolute Gasteiger partial charge is 0.144 e. The molecule has 0 aliphatic heterocycles. The van der Waals surface area contributed by atoms with Crippen LogP contribution in [0.3, 0.4) is 0 Å². The largest absolute Gasteiger partial charge is 0.489 e. The topological polar surface area (TPSA) is 47.7 Å². The Balaban J connectivity index is 2.93. The lowest BCUT2D eigenvalue weighted by molar-refractivity contribution is 0.166. The number of nitrogens with zero attached hydrogens (tertiary/aromatic N) is 1. The Morgan fingerprint density at radius 2 is 2.06 bits per heavy atom. The molecular formula is C13H22N2O2. The molecule has 0 aromatic heterocycles. The number of ether oxygens (including phenoxy) is 1. The normalized spacial score (nSPS) is 10.6. The monoisotopic (exact) mass is 238 g/mol. The van der Waals surface area contributed by atoms with E-state index in [0.717, 1.165) is 18.7 Å². The van der Waals surface area contributed by atoms with Gasteiger partial charge in [-0.1, -0.05) is 6.92 Å². The van der Waals surface area contributed by atoms with Gasteiger partial charge in [-0.25, -0.2) is 0 Å². The number of nitrogens with two attached hydrogens (primary N) is 1. The van der Waals surface area contributed by atoms with E-state index >= 15 is 0 Å². The number of benzene rings is 1. The van der Waals surface area contributed by atoms with Crippen molar-refractivity contribution in [2.45, 2.75) is 33.3 Å². The molecule has 0 spiro atoms. The Labute approximate surface area is 103 Å². The number of hydrogen-bond donors (Lipinski definition) is 1. The van der Waals surface area contributed by atoms with Gasteiger partial charge in [0.25, 0.3) is 0 Å². The van der Waals surface area contributed by atoms with Crippen molar-refractivity contribution < 1.29 is 9.57 Å². The minimum absolute atomic E-state index is 0.106. The highest BCUT2D eigenvalue weighted by Gasteiger charge is 2.09. The Kier molecular flexibility index (Phi) is 5.10. The quantitative estimate of drug-likeness (QED) is 0.611. The van der Waals surface area contributed by atoms with Gasteiger partial charge in [-0.3, -0.25) is 9.90 Å². The van der Waals surface area contributed by atoms with Gasteiger partial charge < -0.3 is 10.5 Å². The number of hydrogen-bond acceptors (Lipinski definition) is 4. The minimum atomic E-state index is 0.106. The predicted octanol–water partition coefficient (Wildman–Crippen LogP) is 2.83. The summed E-state index contributed by atoms with van der Waals surface area (Å²) in [6.45, 7) is 6.90. The van der Waals surface area contributed by atoms with Crippen LogP contribution in [0.4, 0.5) is 11.4 Å². The SMILES string of the molecule is CCCN(OC)c1ccc(N)c(OC(C)C)c1. The molecule has 0 radical (unpaired) electrons. The van der Waals surface area contributed by atoms with Crippen molar-refractivity contribution in [3.8, 4) is 5.75 Å². The second kappa shape index (κ2) is 6.35.